The Balaban J connectivity index is 1.73. The number of anilines is 2. The van der Waals surface area contributed by atoms with Crippen LogP contribution in [0.5, 0.6) is 0 Å². The molecule has 1 heterocycles. The monoisotopic (exact) mass is 462 g/mol. The van der Waals surface area contributed by atoms with Gasteiger partial charge in [-0.05, 0) is 67.6 Å². The number of sulfonamides is 1. The van der Waals surface area contributed by atoms with Crippen molar-refractivity contribution in [1.29, 1.82) is 0 Å². The van der Waals surface area contributed by atoms with E-state index in [-0.39, 0.29) is 23.4 Å². The summed E-state index contributed by atoms with van der Waals surface area (Å²) in [7, 11) is -3.94. The van der Waals surface area contributed by atoms with Gasteiger partial charge in [0, 0.05) is 11.7 Å². The van der Waals surface area contributed by atoms with Crippen LogP contribution in [0.15, 0.2) is 77.7 Å². The maximum absolute atomic E-state index is 13.7. The van der Waals surface area contributed by atoms with Crippen LogP contribution in [0.25, 0.3) is 0 Å². The predicted molar refractivity (Wildman–Crippen MR) is 133 cm³/mol. The molecule has 172 valence electrons. The number of rotatable bonds is 6. The molecule has 6 heteroatoms. The number of carbonyl (C=O) groups is 1. The number of amides is 1. The van der Waals surface area contributed by atoms with Crippen LogP contribution < -0.4 is 9.21 Å². The summed E-state index contributed by atoms with van der Waals surface area (Å²) in [4.78, 5) is 15.4. The summed E-state index contributed by atoms with van der Waals surface area (Å²) in [6, 6.07) is 21.9. The molecule has 0 spiro atoms. The maximum Gasteiger partial charge on any atom is 0.264 e. The molecule has 0 aromatic heterocycles. The Morgan fingerprint density at radius 2 is 1.64 bits per heavy atom. The van der Waals surface area contributed by atoms with E-state index in [9.17, 15) is 13.2 Å². The molecule has 5 nitrogen and oxygen atoms in total. The number of hydrogen-bond acceptors (Lipinski definition) is 3. The van der Waals surface area contributed by atoms with E-state index in [2.05, 4.69) is 13.8 Å². The molecular formula is C27H30N2O3S. The van der Waals surface area contributed by atoms with Crippen LogP contribution in [0.2, 0.25) is 0 Å². The molecule has 0 unspecified atom stereocenters. The number of fused-ring (bicyclic) bond motifs is 1. The standard InChI is InChI=1S/C27H30N2O3S/c1-19(2)22-11-13-24(14-12-22)28(33(31,32)25-15-9-20(3)10-16-25)18-27(30)29-21(4)17-23-7-5-6-8-26(23)29/h5-16,19,21H,17-18H2,1-4H3/t21-/m1/s1. The maximum atomic E-state index is 13.7. The first-order valence-electron chi connectivity index (χ1n) is 11.3. The largest absolute Gasteiger partial charge is 0.307 e. The lowest BCUT2D eigenvalue weighted by atomic mass is 10.0. The number of nitrogens with zero attached hydrogens (tertiary/aromatic N) is 2. The van der Waals surface area contributed by atoms with Gasteiger partial charge in [0.1, 0.15) is 6.54 Å². The quantitative estimate of drug-likeness (QED) is 0.500. The fraction of sp³-hybridized carbons (Fsp3) is 0.296. The summed E-state index contributed by atoms with van der Waals surface area (Å²) < 4.78 is 28.6. The molecule has 1 amide bonds. The summed E-state index contributed by atoms with van der Waals surface area (Å²) >= 11 is 0. The van der Waals surface area contributed by atoms with Crippen molar-refractivity contribution in [2.75, 3.05) is 15.7 Å². The van der Waals surface area contributed by atoms with Crippen molar-refractivity contribution in [3.63, 3.8) is 0 Å². The second-order valence-electron chi connectivity index (χ2n) is 9.02. The lowest BCUT2D eigenvalue weighted by Gasteiger charge is -2.29. The van der Waals surface area contributed by atoms with E-state index in [0.717, 1.165) is 28.8 Å². The average Bonchev–Trinajstić information content (AvgIpc) is 3.13. The third-order valence-electron chi connectivity index (χ3n) is 6.21. The first-order chi connectivity index (χ1) is 15.7. The van der Waals surface area contributed by atoms with Gasteiger partial charge in [0.2, 0.25) is 5.91 Å². The summed E-state index contributed by atoms with van der Waals surface area (Å²) in [5.74, 6) is 0.0841. The van der Waals surface area contributed by atoms with Gasteiger partial charge in [0.05, 0.1) is 10.6 Å². The Morgan fingerprint density at radius 3 is 2.27 bits per heavy atom. The van der Waals surface area contributed by atoms with E-state index in [4.69, 9.17) is 0 Å². The predicted octanol–water partition coefficient (Wildman–Crippen LogP) is 5.29. The van der Waals surface area contributed by atoms with Crippen LogP contribution in [-0.4, -0.2) is 26.9 Å². The van der Waals surface area contributed by atoms with Gasteiger partial charge in [0.15, 0.2) is 0 Å². The van der Waals surface area contributed by atoms with Crippen LogP contribution in [0.1, 0.15) is 43.4 Å². The second kappa shape index (κ2) is 9.02. The Morgan fingerprint density at radius 1 is 1.00 bits per heavy atom. The van der Waals surface area contributed by atoms with Gasteiger partial charge in [-0.2, -0.15) is 0 Å². The smallest absolute Gasteiger partial charge is 0.264 e. The third kappa shape index (κ3) is 4.53. The second-order valence-corrected chi connectivity index (χ2v) is 10.9. The van der Waals surface area contributed by atoms with Crippen LogP contribution >= 0.6 is 0 Å². The van der Waals surface area contributed by atoms with Gasteiger partial charge < -0.3 is 4.90 Å². The number of aryl methyl sites for hydroxylation is 1. The van der Waals surface area contributed by atoms with Crippen molar-refractivity contribution in [3.05, 3.63) is 89.5 Å². The van der Waals surface area contributed by atoms with Crippen LogP contribution in [0, 0.1) is 6.92 Å². The molecular weight excluding hydrogens is 432 g/mol. The molecule has 1 aliphatic rings. The van der Waals surface area contributed by atoms with Crippen molar-refractivity contribution < 1.29 is 13.2 Å². The minimum atomic E-state index is -3.94. The molecule has 33 heavy (non-hydrogen) atoms. The van der Waals surface area contributed by atoms with E-state index >= 15 is 0 Å². The van der Waals surface area contributed by atoms with Gasteiger partial charge >= 0.3 is 0 Å². The van der Waals surface area contributed by atoms with Crippen molar-refractivity contribution in [3.8, 4) is 0 Å². The summed E-state index contributed by atoms with van der Waals surface area (Å²) in [6.45, 7) is 7.82. The summed E-state index contributed by atoms with van der Waals surface area (Å²) in [5, 5.41) is 0. The van der Waals surface area contributed by atoms with Crippen LogP contribution in [0.3, 0.4) is 0 Å². The van der Waals surface area contributed by atoms with Crippen molar-refractivity contribution in [1.82, 2.24) is 0 Å². The molecule has 0 saturated heterocycles. The van der Waals surface area contributed by atoms with E-state index in [0.29, 0.717) is 11.6 Å². The van der Waals surface area contributed by atoms with Gasteiger partial charge in [-0.3, -0.25) is 9.10 Å². The van der Waals surface area contributed by atoms with Crippen molar-refractivity contribution >= 4 is 27.3 Å². The fourth-order valence-corrected chi connectivity index (χ4v) is 5.74. The molecule has 0 fully saturated rings. The molecule has 4 rings (SSSR count). The molecule has 1 atom stereocenters. The highest BCUT2D eigenvalue weighted by Crippen LogP contribution is 2.33. The van der Waals surface area contributed by atoms with Gasteiger partial charge in [0.25, 0.3) is 10.0 Å². The third-order valence-corrected chi connectivity index (χ3v) is 8.00. The molecule has 3 aromatic carbocycles. The minimum Gasteiger partial charge on any atom is -0.307 e. The molecule has 3 aromatic rings. The molecule has 0 bridgehead atoms. The van der Waals surface area contributed by atoms with E-state index < -0.39 is 10.0 Å². The Labute approximate surface area is 196 Å². The summed E-state index contributed by atoms with van der Waals surface area (Å²) in [5.41, 5.74) is 4.53. The van der Waals surface area contributed by atoms with Gasteiger partial charge in [-0.15, -0.1) is 0 Å². The fourth-order valence-electron chi connectivity index (χ4n) is 4.32. The van der Waals surface area contributed by atoms with Crippen LogP contribution in [0.4, 0.5) is 11.4 Å². The lowest BCUT2D eigenvalue weighted by molar-refractivity contribution is -0.117. The first-order valence-corrected chi connectivity index (χ1v) is 12.7. The Bertz CT molecular complexity index is 1250. The minimum absolute atomic E-state index is 0.0258. The van der Waals surface area contributed by atoms with Gasteiger partial charge in [-0.1, -0.05) is 61.9 Å². The molecule has 0 radical (unpaired) electrons. The molecule has 0 aliphatic carbocycles. The van der Waals surface area contributed by atoms with Crippen molar-refractivity contribution in [2.24, 2.45) is 0 Å². The van der Waals surface area contributed by atoms with Gasteiger partial charge in [-0.25, -0.2) is 8.42 Å². The number of carbonyl (C=O) groups excluding carboxylic acids is 1. The van der Waals surface area contributed by atoms with E-state index in [1.807, 2.05) is 50.2 Å². The molecule has 0 N–H and O–H groups in total. The topological polar surface area (TPSA) is 57.7 Å². The number of para-hydroxylation sites is 1. The Kier molecular flexibility index (Phi) is 6.30. The summed E-state index contributed by atoms with van der Waals surface area (Å²) in [6.07, 6.45) is 0.760. The Hall–Kier alpha value is -3.12. The van der Waals surface area contributed by atoms with Crippen molar-refractivity contribution in [2.45, 2.75) is 51.0 Å². The zero-order chi connectivity index (χ0) is 23.8. The zero-order valence-corrected chi connectivity index (χ0v) is 20.3. The number of hydrogen-bond donors (Lipinski definition) is 0. The number of benzene rings is 3. The van der Waals surface area contributed by atoms with E-state index in [1.165, 1.54) is 4.31 Å². The molecule has 1 aliphatic heterocycles. The van der Waals surface area contributed by atoms with Crippen LogP contribution in [-0.2, 0) is 21.2 Å². The first kappa shape index (κ1) is 23.1. The SMILES string of the molecule is Cc1ccc(S(=O)(=O)N(CC(=O)N2c3ccccc3C[C@H]2C)c2ccc(C(C)C)cc2)cc1. The lowest BCUT2D eigenvalue weighted by Crippen LogP contribution is -2.45. The normalized spacial score (nSPS) is 15.5. The van der Waals surface area contributed by atoms with E-state index in [1.54, 1.807) is 41.3 Å². The highest BCUT2D eigenvalue weighted by Gasteiger charge is 2.34. The zero-order valence-electron chi connectivity index (χ0n) is 19.5. The average molecular weight is 463 g/mol. The highest BCUT2D eigenvalue weighted by atomic mass is 32.2. The highest BCUT2D eigenvalue weighted by molar-refractivity contribution is 7.92. The molecule has 0 saturated carbocycles.